The van der Waals surface area contributed by atoms with E-state index >= 15 is 0 Å². The number of nitrogens with zero attached hydrogens (tertiary/aromatic N) is 2. The molecule has 1 N–H and O–H groups in total. The van der Waals surface area contributed by atoms with Crippen LogP contribution >= 0.6 is 0 Å². The van der Waals surface area contributed by atoms with Gasteiger partial charge in [-0.1, -0.05) is 13.0 Å². The summed E-state index contributed by atoms with van der Waals surface area (Å²) in [6, 6.07) is 5.93. The summed E-state index contributed by atoms with van der Waals surface area (Å²) in [5.41, 5.74) is 3.32. The maximum Gasteiger partial charge on any atom is 0.317 e. The molecule has 130 valence electrons. The Kier molecular flexibility index (Phi) is 4.78. The summed E-state index contributed by atoms with van der Waals surface area (Å²) >= 11 is 0. The Labute approximate surface area is 144 Å². The SMILES string of the molecule is Cc1ccc(N2C[C@H](NC(=O)N3CCC[C@H](C)C3)CC2=O)cc1C. The van der Waals surface area contributed by atoms with Crippen LogP contribution in [-0.2, 0) is 4.79 Å². The molecule has 2 heterocycles. The molecule has 2 atom stereocenters. The van der Waals surface area contributed by atoms with Gasteiger partial charge in [0.2, 0.25) is 5.91 Å². The number of anilines is 1. The maximum atomic E-state index is 12.4. The molecule has 0 spiro atoms. The first-order valence-corrected chi connectivity index (χ1v) is 8.87. The first kappa shape index (κ1) is 16.8. The highest BCUT2D eigenvalue weighted by Crippen LogP contribution is 2.24. The largest absolute Gasteiger partial charge is 0.333 e. The van der Waals surface area contributed by atoms with Crippen molar-refractivity contribution in [2.24, 2.45) is 5.92 Å². The molecule has 0 radical (unpaired) electrons. The number of carbonyl (C=O) groups is 2. The molecule has 0 aliphatic carbocycles. The second kappa shape index (κ2) is 6.83. The summed E-state index contributed by atoms with van der Waals surface area (Å²) in [6.07, 6.45) is 2.63. The zero-order chi connectivity index (χ0) is 17.3. The molecule has 5 nitrogen and oxygen atoms in total. The lowest BCUT2D eigenvalue weighted by atomic mass is 10.0. The first-order valence-electron chi connectivity index (χ1n) is 8.87. The van der Waals surface area contributed by atoms with E-state index in [9.17, 15) is 9.59 Å². The molecular weight excluding hydrogens is 302 g/mol. The number of benzene rings is 1. The number of hydrogen-bond acceptors (Lipinski definition) is 2. The standard InChI is InChI=1S/C19H27N3O2/c1-13-5-4-8-21(11-13)19(24)20-16-10-18(23)22(12-16)17-7-6-14(2)15(3)9-17/h6-7,9,13,16H,4-5,8,10-12H2,1-3H3,(H,20,24)/t13-,16+/m0/s1. The van der Waals surface area contributed by atoms with Crippen LogP contribution in [0, 0.1) is 19.8 Å². The smallest absolute Gasteiger partial charge is 0.317 e. The predicted molar refractivity (Wildman–Crippen MR) is 95.2 cm³/mol. The fraction of sp³-hybridized carbons (Fsp3) is 0.579. The van der Waals surface area contributed by atoms with Crippen LogP contribution in [-0.4, -0.2) is 42.5 Å². The molecule has 2 fully saturated rings. The second-order valence-corrected chi connectivity index (χ2v) is 7.32. The number of carbonyl (C=O) groups excluding carboxylic acids is 2. The van der Waals surface area contributed by atoms with Crippen LogP contribution in [0.25, 0.3) is 0 Å². The Bertz CT molecular complexity index is 643. The van der Waals surface area contributed by atoms with E-state index in [1.165, 1.54) is 17.5 Å². The van der Waals surface area contributed by atoms with Gasteiger partial charge in [-0.2, -0.15) is 0 Å². The topological polar surface area (TPSA) is 52.7 Å². The highest BCUT2D eigenvalue weighted by molar-refractivity contribution is 5.96. The van der Waals surface area contributed by atoms with Gasteiger partial charge in [0, 0.05) is 31.7 Å². The quantitative estimate of drug-likeness (QED) is 0.907. The first-order chi connectivity index (χ1) is 11.4. The van der Waals surface area contributed by atoms with Crippen molar-refractivity contribution in [3.63, 3.8) is 0 Å². The third-order valence-electron chi connectivity index (χ3n) is 5.20. The molecule has 2 saturated heterocycles. The van der Waals surface area contributed by atoms with Gasteiger partial charge in [0.15, 0.2) is 0 Å². The average molecular weight is 329 g/mol. The minimum Gasteiger partial charge on any atom is -0.333 e. The van der Waals surface area contributed by atoms with E-state index in [4.69, 9.17) is 0 Å². The summed E-state index contributed by atoms with van der Waals surface area (Å²) in [5.74, 6) is 0.636. The summed E-state index contributed by atoms with van der Waals surface area (Å²) in [5, 5.41) is 3.05. The van der Waals surface area contributed by atoms with Gasteiger partial charge in [-0.3, -0.25) is 4.79 Å². The van der Waals surface area contributed by atoms with Gasteiger partial charge in [0.05, 0.1) is 6.04 Å². The molecule has 2 aliphatic heterocycles. The highest BCUT2D eigenvalue weighted by atomic mass is 16.2. The van der Waals surface area contributed by atoms with Gasteiger partial charge in [-0.05, 0) is 55.9 Å². The number of aryl methyl sites for hydroxylation is 2. The number of urea groups is 1. The predicted octanol–water partition coefficient (Wildman–Crippen LogP) is 2.85. The van der Waals surface area contributed by atoms with Crippen molar-refractivity contribution < 1.29 is 9.59 Å². The lowest BCUT2D eigenvalue weighted by molar-refractivity contribution is -0.117. The second-order valence-electron chi connectivity index (χ2n) is 7.32. The third-order valence-corrected chi connectivity index (χ3v) is 5.20. The van der Waals surface area contributed by atoms with E-state index in [0.29, 0.717) is 18.9 Å². The van der Waals surface area contributed by atoms with Gasteiger partial charge >= 0.3 is 6.03 Å². The summed E-state index contributed by atoms with van der Waals surface area (Å²) in [7, 11) is 0. The molecule has 3 amide bonds. The van der Waals surface area contributed by atoms with Crippen LogP contribution in [0.1, 0.15) is 37.3 Å². The zero-order valence-corrected chi connectivity index (χ0v) is 14.8. The van der Waals surface area contributed by atoms with Gasteiger partial charge in [-0.15, -0.1) is 0 Å². The number of piperidine rings is 1. The van der Waals surface area contributed by atoms with Gasteiger partial charge < -0.3 is 15.1 Å². The van der Waals surface area contributed by atoms with E-state index in [1.807, 2.05) is 23.1 Å². The molecular formula is C19H27N3O2. The number of rotatable bonds is 2. The van der Waals surface area contributed by atoms with Crippen molar-refractivity contribution in [1.82, 2.24) is 10.2 Å². The maximum absolute atomic E-state index is 12.4. The summed E-state index contributed by atoms with van der Waals surface area (Å²) in [4.78, 5) is 28.5. The molecule has 24 heavy (non-hydrogen) atoms. The van der Waals surface area contributed by atoms with Crippen LogP contribution in [0.3, 0.4) is 0 Å². The minimum atomic E-state index is -0.108. The van der Waals surface area contributed by atoms with E-state index in [-0.39, 0.29) is 18.0 Å². The molecule has 5 heteroatoms. The Morgan fingerprint density at radius 3 is 2.71 bits per heavy atom. The molecule has 1 aromatic rings. The minimum absolute atomic E-state index is 0.0266. The monoisotopic (exact) mass is 329 g/mol. The molecule has 1 aromatic carbocycles. The zero-order valence-electron chi connectivity index (χ0n) is 14.8. The van der Waals surface area contributed by atoms with E-state index in [0.717, 1.165) is 25.2 Å². The van der Waals surface area contributed by atoms with Crippen LogP contribution < -0.4 is 10.2 Å². The Hall–Kier alpha value is -2.04. The van der Waals surface area contributed by atoms with Crippen molar-refractivity contribution in [1.29, 1.82) is 0 Å². The Balaban J connectivity index is 1.62. The highest BCUT2D eigenvalue weighted by Gasteiger charge is 2.33. The van der Waals surface area contributed by atoms with E-state index in [1.54, 1.807) is 4.90 Å². The molecule has 0 aromatic heterocycles. The van der Waals surface area contributed by atoms with Crippen molar-refractivity contribution >= 4 is 17.6 Å². The molecule has 0 saturated carbocycles. The van der Waals surface area contributed by atoms with Crippen molar-refractivity contribution in [3.05, 3.63) is 29.3 Å². The fourth-order valence-corrected chi connectivity index (χ4v) is 3.59. The Morgan fingerprint density at radius 2 is 2.00 bits per heavy atom. The molecule has 0 bridgehead atoms. The van der Waals surface area contributed by atoms with Crippen molar-refractivity contribution in [2.45, 2.75) is 46.1 Å². The number of nitrogens with one attached hydrogen (secondary N) is 1. The van der Waals surface area contributed by atoms with Crippen LogP contribution in [0.4, 0.5) is 10.5 Å². The summed E-state index contributed by atoms with van der Waals surface area (Å²) in [6.45, 7) is 8.48. The van der Waals surface area contributed by atoms with Crippen LogP contribution in [0.2, 0.25) is 0 Å². The van der Waals surface area contributed by atoms with E-state index in [2.05, 4.69) is 26.1 Å². The van der Waals surface area contributed by atoms with E-state index < -0.39 is 0 Å². The van der Waals surface area contributed by atoms with Crippen LogP contribution in [0.5, 0.6) is 0 Å². The van der Waals surface area contributed by atoms with Crippen LogP contribution in [0.15, 0.2) is 18.2 Å². The molecule has 2 aliphatic rings. The normalized spacial score (nSPS) is 24.4. The molecule has 0 unspecified atom stereocenters. The van der Waals surface area contributed by atoms with Gasteiger partial charge in [0.1, 0.15) is 0 Å². The van der Waals surface area contributed by atoms with Crippen molar-refractivity contribution in [3.8, 4) is 0 Å². The number of amides is 3. The average Bonchev–Trinajstić information content (AvgIpc) is 2.90. The lowest BCUT2D eigenvalue weighted by Crippen LogP contribution is -2.49. The van der Waals surface area contributed by atoms with Crippen molar-refractivity contribution in [2.75, 3.05) is 24.5 Å². The third kappa shape index (κ3) is 3.55. The number of likely N-dealkylation sites (tertiary alicyclic amines) is 1. The Morgan fingerprint density at radius 1 is 1.21 bits per heavy atom. The fourth-order valence-electron chi connectivity index (χ4n) is 3.59. The van der Waals surface area contributed by atoms with Gasteiger partial charge in [0.25, 0.3) is 0 Å². The lowest BCUT2D eigenvalue weighted by Gasteiger charge is -2.31. The van der Waals surface area contributed by atoms with Gasteiger partial charge in [-0.25, -0.2) is 4.79 Å². The number of hydrogen-bond donors (Lipinski definition) is 1. The summed E-state index contributed by atoms with van der Waals surface area (Å²) < 4.78 is 0. The molecule has 3 rings (SSSR count).